The van der Waals surface area contributed by atoms with Crippen molar-refractivity contribution in [3.8, 4) is 0 Å². The van der Waals surface area contributed by atoms with Crippen molar-refractivity contribution in [1.29, 1.82) is 0 Å². The zero-order valence-electron chi connectivity index (χ0n) is 7.96. The highest BCUT2D eigenvalue weighted by Gasteiger charge is 2.08. The van der Waals surface area contributed by atoms with E-state index in [2.05, 4.69) is 8.37 Å². The van der Waals surface area contributed by atoms with E-state index in [1.165, 1.54) is 0 Å². The Balaban J connectivity index is 3.99. The molecule has 14 heavy (non-hydrogen) atoms. The summed E-state index contributed by atoms with van der Waals surface area (Å²) in [6.07, 6.45) is 2.89. The quantitative estimate of drug-likeness (QED) is 0.653. The van der Waals surface area contributed by atoms with Gasteiger partial charge in [0.15, 0.2) is 0 Å². The fourth-order valence-corrected chi connectivity index (χ4v) is 0.966. The van der Waals surface area contributed by atoms with Gasteiger partial charge in [0.2, 0.25) is 0 Å². The van der Waals surface area contributed by atoms with Crippen LogP contribution in [0.4, 0.5) is 8.78 Å². The SMILES string of the molecule is CCC=C(F)OS(=O)OC(F)=CCC. The highest BCUT2D eigenvalue weighted by molar-refractivity contribution is 7.75. The van der Waals surface area contributed by atoms with Crippen molar-refractivity contribution in [2.24, 2.45) is 0 Å². The van der Waals surface area contributed by atoms with E-state index in [1.54, 1.807) is 13.8 Å². The highest BCUT2D eigenvalue weighted by atomic mass is 32.2. The van der Waals surface area contributed by atoms with Crippen LogP contribution >= 0.6 is 0 Å². The Labute approximate surface area is 84.3 Å². The van der Waals surface area contributed by atoms with Gasteiger partial charge in [-0.1, -0.05) is 13.8 Å². The molecule has 6 heteroatoms. The minimum atomic E-state index is -2.47. The molecule has 0 N–H and O–H groups in total. The summed E-state index contributed by atoms with van der Waals surface area (Å²) in [5.74, 6) is 0. The number of allylic oxidation sites excluding steroid dienone is 2. The predicted octanol–water partition coefficient (Wildman–Crippen LogP) is 3.04. The largest absolute Gasteiger partial charge is 0.421 e. The maximum atomic E-state index is 12.5. The summed E-state index contributed by atoms with van der Waals surface area (Å²) >= 11 is -2.47. The van der Waals surface area contributed by atoms with E-state index >= 15 is 0 Å². The maximum Gasteiger partial charge on any atom is 0.421 e. The fourth-order valence-electron chi connectivity index (χ4n) is 0.536. The van der Waals surface area contributed by atoms with Gasteiger partial charge in [0, 0.05) is 0 Å². The lowest BCUT2D eigenvalue weighted by atomic mass is 10.5. The topological polar surface area (TPSA) is 35.5 Å². The standard InChI is InChI=1S/C8H12F2O3S/c1-3-5-7(9)12-14(11)13-8(10)6-4-2/h5-6H,3-4H2,1-2H3. The summed E-state index contributed by atoms with van der Waals surface area (Å²) in [5, 5.41) is 0. The summed E-state index contributed by atoms with van der Waals surface area (Å²) in [4.78, 5) is 0. The second kappa shape index (κ2) is 7.49. The van der Waals surface area contributed by atoms with Crippen molar-refractivity contribution >= 4 is 11.4 Å². The van der Waals surface area contributed by atoms with Gasteiger partial charge in [0.1, 0.15) is 0 Å². The molecule has 0 aromatic heterocycles. The molecule has 0 amide bonds. The van der Waals surface area contributed by atoms with Gasteiger partial charge < -0.3 is 8.37 Å². The smallest absolute Gasteiger partial charge is 0.341 e. The lowest BCUT2D eigenvalue weighted by Crippen LogP contribution is -1.98. The first-order valence-electron chi connectivity index (χ1n) is 4.09. The minimum Gasteiger partial charge on any atom is -0.341 e. The molecule has 0 atom stereocenters. The first-order valence-corrected chi connectivity index (χ1v) is 5.09. The van der Waals surface area contributed by atoms with Crippen molar-refractivity contribution in [2.75, 3.05) is 0 Å². The van der Waals surface area contributed by atoms with E-state index in [-0.39, 0.29) is 0 Å². The van der Waals surface area contributed by atoms with Crippen molar-refractivity contribution in [3.05, 3.63) is 24.2 Å². The molecule has 0 radical (unpaired) electrons. The predicted molar refractivity (Wildman–Crippen MR) is 49.3 cm³/mol. The fraction of sp³-hybridized carbons (Fsp3) is 0.500. The van der Waals surface area contributed by atoms with E-state index in [1.807, 2.05) is 0 Å². The average molecular weight is 226 g/mol. The van der Waals surface area contributed by atoms with Crippen molar-refractivity contribution in [2.45, 2.75) is 26.7 Å². The summed E-state index contributed by atoms with van der Waals surface area (Å²) in [5.41, 5.74) is 0. The average Bonchev–Trinajstić information content (AvgIpc) is 2.03. The number of hydrogen-bond donors (Lipinski definition) is 0. The Morgan fingerprint density at radius 1 is 1.14 bits per heavy atom. The Morgan fingerprint density at radius 3 is 1.79 bits per heavy atom. The molecule has 0 aliphatic heterocycles. The molecular formula is C8H12F2O3S. The Kier molecular flexibility index (Phi) is 7.00. The first kappa shape index (κ1) is 13.1. The molecule has 0 aliphatic rings. The molecule has 0 fully saturated rings. The van der Waals surface area contributed by atoms with Gasteiger partial charge in [-0.3, -0.25) is 0 Å². The van der Waals surface area contributed by atoms with Crippen LogP contribution in [0.5, 0.6) is 0 Å². The third-order valence-electron chi connectivity index (χ3n) is 1.02. The molecule has 0 heterocycles. The molecule has 0 unspecified atom stereocenters. The van der Waals surface area contributed by atoms with E-state index in [9.17, 15) is 13.0 Å². The lowest BCUT2D eigenvalue weighted by molar-refractivity contribution is 0.245. The Morgan fingerprint density at radius 2 is 1.50 bits per heavy atom. The Hall–Kier alpha value is -0.910. The molecule has 3 nitrogen and oxygen atoms in total. The molecule has 0 saturated carbocycles. The van der Waals surface area contributed by atoms with Gasteiger partial charge in [-0.05, 0) is 25.0 Å². The second-order valence-corrected chi connectivity index (χ2v) is 2.95. The lowest BCUT2D eigenvalue weighted by Gasteiger charge is -2.00. The second-order valence-electron chi connectivity index (χ2n) is 2.20. The van der Waals surface area contributed by atoms with Crippen LogP contribution in [0.25, 0.3) is 0 Å². The van der Waals surface area contributed by atoms with E-state index in [0.29, 0.717) is 12.8 Å². The molecule has 0 rings (SSSR count). The van der Waals surface area contributed by atoms with Gasteiger partial charge in [0.05, 0.1) is 0 Å². The summed E-state index contributed by atoms with van der Waals surface area (Å²) in [7, 11) is 0. The van der Waals surface area contributed by atoms with Crippen LogP contribution in [0.1, 0.15) is 26.7 Å². The zero-order valence-corrected chi connectivity index (χ0v) is 8.77. The number of hydrogen-bond acceptors (Lipinski definition) is 3. The van der Waals surface area contributed by atoms with E-state index in [4.69, 9.17) is 0 Å². The normalized spacial score (nSPS) is 15.1. The van der Waals surface area contributed by atoms with Gasteiger partial charge in [-0.2, -0.15) is 13.0 Å². The van der Waals surface area contributed by atoms with E-state index < -0.39 is 23.4 Å². The van der Waals surface area contributed by atoms with Gasteiger partial charge >= 0.3 is 11.4 Å². The van der Waals surface area contributed by atoms with Crippen molar-refractivity contribution in [1.82, 2.24) is 0 Å². The summed E-state index contributed by atoms with van der Waals surface area (Å²) in [6.45, 7) is 3.34. The van der Waals surface area contributed by atoms with Crippen LogP contribution in [0, 0.1) is 0 Å². The van der Waals surface area contributed by atoms with Crippen LogP contribution < -0.4 is 0 Å². The molecule has 0 saturated heterocycles. The van der Waals surface area contributed by atoms with E-state index in [0.717, 1.165) is 12.2 Å². The number of halogens is 2. The van der Waals surface area contributed by atoms with Crippen molar-refractivity contribution < 1.29 is 21.4 Å². The van der Waals surface area contributed by atoms with Gasteiger partial charge in [-0.25, -0.2) is 0 Å². The van der Waals surface area contributed by atoms with Gasteiger partial charge in [-0.15, -0.1) is 0 Å². The van der Waals surface area contributed by atoms with Crippen LogP contribution in [0.2, 0.25) is 0 Å². The minimum absolute atomic E-state index is 0.385. The molecule has 0 aromatic rings. The maximum absolute atomic E-state index is 12.5. The molecule has 0 aromatic carbocycles. The third kappa shape index (κ3) is 6.59. The van der Waals surface area contributed by atoms with Gasteiger partial charge in [0.25, 0.3) is 12.0 Å². The summed E-state index contributed by atoms with van der Waals surface area (Å²) in [6, 6.07) is -2.09. The van der Waals surface area contributed by atoms with Crippen molar-refractivity contribution in [3.63, 3.8) is 0 Å². The summed E-state index contributed by atoms with van der Waals surface area (Å²) < 4.78 is 43.9. The van der Waals surface area contributed by atoms with Crippen LogP contribution in [0.3, 0.4) is 0 Å². The monoisotopic (exact) mass is 226 g/mol. The van der Waals surface area contributed by atoms with Crippen LogP contribution in [-0.4, -0.2) is 4.21 Å². The number of rotatable bonds is 6. The third-order valence-corrected chi connectivity index (χ3v) is 1.62. The molecule has 0 bridgehead atoms. The Bertz CT molecular complexity index is 227. The molecule has 82 valence electrons. The molecule has 0 aliphatic carbocycles. The molecule has 0 spiro atoms. The zero-order chi connectivity index (χ0) is 11.0. The molecular weight excluding hydrogens is 214 g/mol. The highest BCUT2D eigenvalue weighted by Crippen LogP contribution is 2.09. The first-order chi connectivity index (χ1) is 6.60. The van der Waals surface area contributed by atoms with Crippen LogP contribution in [0.15, 0.2) is 24.2 Å². The van der Waals surface area contributed by atoms with Crippen LogP contribution in [-0.2, 0) is 19.7 Å².